The Hall–Kier alpha value is -2.10. The van der Waals surface area contributed by atoms with E-state index in [1.165, 1.54) is 16.7 Å². The zero-order valence-electron chi connectivity index (χ0n) is 12.5. The highest BCUT2D eigenvalue weighted by Crippen LogP contribution is 2.47. The van der Waals surface area contributed by atoms with E-state index < -0.39 is 0 Å². The quantitative estimate of drug-likeness (QED) is 0.914. The molecule has 1 aliphatic carbocycles. The summed E-state index contributed by atoms with van der Waals surface area (Å²) in [6.45, 7) is 2.79. The maximum Gasteiger partial charge on any atom is 0.223 e. The second-order valence-corrected chi connectivity index (χ2v) is 5.93. The van der Waals surface area contributed by atoms with Crippen LogP contribution in [0.15, 0.2) is 36.7 Å². The zero-order valence-corrected chi connectivity index (χ0v) is 12.5. The molecule has 1 aliphatic rings. The number of hydrogen-bond donors (Lipinski definition) is 1. The number of amides is 1. The lowest BCUT2D eigenvalue weighted by molar-refractivity contribution is -0.122. The van der Waals surface area contributed by atoms with Crippen LogP contribution in [0.4, 0.5) is 0 Å². The van der Waals surface area contributed by atoms with Crippen LogP contribution in [-0.4, -0.2) is 22.2 Å². The molecule has 2 atom stereocenters. The molecule has 1 aromatic carbocycles. The van der Waals surface area contributed by atoms with E-state index in [9.17, 15) is 4.79 Å². The minimum Gasteiger partial charge on any atom is -0.356 e. The summed E-state index contributed by atoms with van der Waals surface area (Å²) in [6, 6.07) is 8.42. The van der Waals surface area contributed by atoms with E-state index in [-0.39, 0.29) is 11.8 Å². The van der Waals surface area contributed by atoms with Gasteiger partial charge in [-0.3, -0.25) is 9.48 Å². The number of benzene rings is 1. The summed E-state index contributed by atoms with van der Waals surface area (Å²) in [6.07, 6.45) is 5.70. The molecule has 1 aromatic heterocycles. The van der Waals surface area contributed by atoms with Crippen molar-refractivity contribution in [1.29, 1.82) is 0 Å². The van der Waals surface area contributed by atoms with E-state index in [4.69, 9.17) is 0 Å². The molecule has 3 rings (SSSR count). The molecule has 0 spiro atoms. The van der Waals surface area contributed by atoms with Gasteiger partial charge >= 0.3 is 0 Å². The minimum atomic E-state index is 0.131. The van der Waals surface area contributed by atoms with Gasteiger partial charge in [0.2, 0.25) is 5.91 Å². The summed E-state index contributed by atoms with van der Waals surface area (Å²) in [5.41, 5.74) is 3.71. The smallest absolute Gasteiger partial charge is 0.223 e. The Morgan fingerprint density at radius 3 is 3.05 bits per heavy atom. The Morgan fingerprint density at radius 1 is 1.48 bits per heavy atom. The monoisotopic (exact) mass is 283 g/mol. The Morgan fingerprint density at radius 2 is 2.33 bits per heavy atom. The van der Waals surface area contributed by atoms with Crippen molar-refractivity contribution in [3.63, 3.8) is 0 Å². The number of aryl methyl sites for hydroxylation is 2. The van der Waals surface area contributed by atoms with Gasteiger partial charge in [0.1, 0.15) is 0 Å². The van der Waals surface area contributed by atoms with Crippen molar-refractivity contribution in [2.24, 2.45) is 13.0 Å². The highest BCUT2D eigenvalue weighted by molar-refractivity contribution is 5.82. The average molecular weight is 283 g/mol. The molecule has 4 heteroatoms. The number of rotatable bonds is 5. The van der Waals surface area contributed by atoms with Crippen molar-refractivity contribution < 1.29 is 4.79 Å². The molecule has 0 unspecified atom stereocenters. The Kier molecular flexibility index (Phi) is 3.78. The normalized spacial score (nSPS) is 20.3. The molecule has 110 valence electrons. The van der Waals surface area contributed by atoms with Gasteiger partial charge in [-0.2, -0.15) is 5.10 Å². The predicted molar refractivity (Wildman–Crippen MR) is 81.9 cm³/mol. The Balaban J connectivity index is 1.45. The maximum absolute atomic E-state index is 12.1. The molecule has 2 aromatic rings. The summed E-state index contributed by atoms with van der Waals surface area (Å²) < 4.78 is 1.79. The van der Waals surface area contributed by atoms with Gasteiger partial charge in [0.25, 0.3) is 0 Å². The van der Waals surface area contributed by atoms with E-state index in [1.807, 2.05) is 19.4 Å². The van der Waals surface area contributed by atoms with Crippen LogP contribution in [0.1, 0.15) is 29.0 Å². The number of nitrogens with zero attached hydrogens (tertiary/aromatic N) is 2. The van der Waals surface area contributed by atoms with Crippen molar-refractivity contribution in [3.05, 3.63) is 53.3 Å². The third-order valence-electron chi connectivity index (χ3n) is 4.08. The molecule has 21 heavy (non-hydrogen) atoms. The summed E-state index contributed by atoms with van der Waals surface area (Å²) >= 11 is 0. The molecule has 0 bridgehead atoms. The third kappa shape index (κ3) is 3.32. The van der Waals surface area contributed by atoms with Crippen LogP contribution in [0.5, 0.6) is 0 Å². The molecule has 0 saturated heterocycles. The van der Waals surface area contributed by atoms with Gasteiger partial charge in [0.05, 0.1) is 6.20 Å². The largest absolute Gasteiger partial charge is 0.356 e. The van der Waals surface area contributed by atoms with E-state index in [1.54, 1.807) is 4.68 Å². The summed E-state index contributed by atoms with van der Waals surface area (Å²) in [5.74, 6) is 0.667. The van der Waals surface area contributed by atoms with Gasteiger partial charge in [0, 0.05) is 25.7 Å². The van der Waals surface area contributed by atoms with Crippen LogP contribution < -0.4 is 5.32 Å². The lowest BCUT2D eigenvalue weighted by Gasteiger charge is -2.05. The predicted octanol–water partition coefficient (Wildman–Crippen LogP) is 2.19. The Labute approximate surface area is 125 Å². The molecule has 1 fully saturated rings. The van der Waals surface area contributed by atoms with Gasteiger partial charge in [-0.1, -0.05) is 29.8 Å². The molecule has 0 aliphatic heterocycles. The third-order valence-corrected chi connectivity index (χ3v) is 4.08. The van der Waals surface area contributed by atoms with Crippen LogP contribution >= 0.6 is 0 Å². The fourth-order valence-corrected chi connectivity index (χ4v) is 2.81. The van der Waals surface area contributed by atoms with Crippen LogP contribution in [0, 0.1) is 12.8 Å². The van der Waals surface area contributed by atoms with Crippen molar-refractivity contribution in [2.75, 3.05) is 6.54 Å². The van der Waals surface area contributed by atoms with E-state index in [2.05, 4.69) is 41.6 Å². The van der Waals surface area contributed by atoms with Crippen LogP contribution in [0.25, 0.3) is 0 Å². The zero-order chi connectivity index (χ0) is 14.8. The second kappa shape index (κ2) is 5.72. The first-order chi connectivity index (χ1) is 10.1. The van der Waals surface area contributed by atoms with E-state index >= 15 is 0 Å². The second-order valence-electron chi connectivity index (χ2n) is 5.93. The number of hydrogen-bond acceptors (Lipinski definition) is 2. The first-order valence-corrected chi connectivity index (χ1v) is 7.45. The summed E-state index contributed by atoms with van der Waals surface area (Å²) in [4.78, 5) is 12.1. The topological polar surface area (TPSA) is 46.9 Å². The first-order valence-electron chi connectivity index (χ1n) is 7.45. The summed E-state index contributed by atoms with van der Waals surface area (Å²) in [5, 5.41) is 7.22. The highest BCUT2D eigenvalue weighted by Gasteiger charge is 2.44. The fraction of sp³-hybridized carbons (Fsp3) is 0.412. The molecule has 1 heterocycles. The van der Waals surface area contributed by atoms with E-state index in [0.717, 1.165) is 12.8 Å². The molecule has 0 radical (unpaired) electrons. The molecule has 1 N–H and O–H groups in total. The average Bonchev–Trinajstić information content (AvgIpc) is 3.14. The minimum absolute atomic E-state index is 0.131. The van der Waals surface area contributed by atoms with Crippen LogP contribution in [0.3, 0.4) is 0 Å². The Bertz CT molecular complexity index is 647. The molecular formula is C17H21N3O. The van der Waals surface area contributed by atoms with Crippen molar-refractivity contribution in [2.45, 2.75) is 25.7 Å². The summed E-state index contributed by atoms with van der Waals surface area (Å²) in [7, 11) is 1.91. The fourth-order valence-electron chi connectivity index (χ4n) is 2.81. The van der Waals surface area contributed by atoms with Gasteiger partial charge < -0.3 is 5.32 Å². The lowest BCUT2D eigenvalue weighted by Crippen LogP contribution is -2.27. The SMILES string of the molecule is Cc1cccc(CCNC(=O)[C@H]2C[C@H]2c2cnn(C)c2)c1. The van der Waals surface area contributed by atoms with Gasteiger partial charge in [-0.15, -0.1) is 0 Å². The molecule has 1 saturated carbocycles. The highest BCUT2D eigenvalue weighted by atomic mass is 16.2. The van der Waals surface area contributed by atoms with Crippen molar-refractivity contribution >= 4 is 5.91 Å². The molecule has 1 amide bonds. The number of nitrogens with one attached hydrogen (secondary N) is 1. The van der Waals surface area contributed by atoms with Crippen LogP contribution in [-0.2, 0) is 18.3 Å². The molecule has 4 nitrogen and oxygen atoms in total. The lowest BCUT2D eigenvalue weighted by atomic mass is 10.1. The van der Waals surface area contributed by atoms with Crippen molar-refractivity contribution in [1.82, 2.24) is 15.1 Å². The van der Waals surface area contributed by atoms with E-state index in [0.29, 0.717) is 12.5 Å². The van der Waals surface area contributed by atoms with Gasteiger partial charge in [0.15, 0.2) is 0 Å². The van der Waals surface area contributed by atoms with Crippen molar-refractivity contribution in [3.8, 4) is 0 Å². The number of aromatic nitrogens is 2. The van der Waals surface area contributed by atoms with Crippen LogP contribution in [0.2, 0.25) is 0 Å². The number of carbonyl (C=O) groups excluding carboxylic acids is 1. The van der Waals surface area contributed by atoms with Gasteiger partial charge in [-0.25, -0.2) is 0 Å². The standard InChI is InChI=1S/C17H21N3O/c1-12-4-3-5-13(8-12)6-7-18-17(21)16-9-15(16)14-10-19-20(2)11-14/h3-5,8,10-11,15-16H,6-7,9H2,1-2H3,(H,18,21)/t15-,16-/m0/s1. The first kappa shape index (κ1) is 13.9. The maximum atomic E-state index is 12.1. The number of carbonyl (C=O) groups is 1. The van der Waals surface area contributed by atoms with Gasteiger partial charge in [-0.05, 0) is 36.8 Å². The molecular weight excluding hydrogens is 262 g/mol.